The van der Waals surface area contributed by atoms with Crippen LogP contribution >= 0.6 is 17.0 Å². The summed E-state index contributed by atoms with van der Waals surface area (Å²) in [7, 11) is 10.2. The van der Waals surface area contributed by atoms with Gasteiger partial charge in [0.05, 0.1) is 0 Å². The van der Waals surface area contributed by atoms with Crippen LogP contribution in [-0.4, -0.2) is 15.3 Å². The molecule has 0 amide bonds. The fourth-order valence-electron chi connectivity index (χ4n) is 4.13. The SMILES string of the molecule is C[N-][Si]1(C)CC(C)C2=CC=C[C]3[C]4C=CC=C[C]4[C]1[C]32.[Cl][Zr+2][Cl]. The Morgan fingerprint density at radius 2 is 1.70 bits per heavy atom. The van der Waals surface area contributed by atoms with E-state index in [-0.39, 0.29) is 0 Å². The van der Waals surface area contributed by atoms with Crippen molar-refractivity contribution < 1.29 is 20.8 Å². The Morgan fingerprint density at radius 3 is 2.35 bits per heavy atom. The van der Waals surface area contributed by atoms with Crippen LogP contribution in [0.3, 0.4) is 0 Å². The Labute approximate surface area is 160 Å². The molecule has 1 nitrogen and oxygen atoms in total. The average Bonchev–Trinajstić information content (AvgIpc) is 2.90. The molecule has 23 heavy (non-hydrogen) atoms. The van der Waals surface area contributed by atoms with Gasteiger partial charge in [-0.3, -0.25) is 0 Å². The summed E-state index contributed by atoms with van der Waals surface area (Å²) in [4.78, 5) is 4.92. The minimum atomic E-state index is -1.71. The zero-order valence-electron chi connectivity index (χ0n) is 13.5. The Kier molecular flexibility index (Phi) is 5.96. The second-order valence-electron chi connectivity index (χ2n) is 6.36. The van der Waals surface area contributed by atoms with Gasteiger partial charge in [-0.1, -0.05) is 67.6 Å². The van der Waals surface area contributed by atoms with Crippen LogP contribution in [0.1, 0.15) is 6.92 Å². The molecule has 117 valence electrons. The maximum absolute atomic E-state index is 4.93. The van der Waals surface area contributed by atoms with E-state index in [2.05, 4.69) is 56.0 Å². The Balaban J connectivity index is 0.000000485. The third-order valence-electron chi connectivity index (χ3n) is 5.10. The molecule has 2 fully saturated rings. The van der Waals surface area contributed by atoms with Crippen molar-refractivity contribution in [2.75, 3.05) is 7.05 Å². The first-order chi connectivity index (χ1) is 11.1. The van der Waals surface area contributed by atoms with E-state index < -0.39 is 29.1 Å². The Hall–Kier alpha value is 0.600. The van der Waals surface area contributed by atoms with E-state index in [1.165, 1.54) is 35.3 Å². The molecule has 4 aliphatic rings. The van der Waals surface area contributed by atoms with Gasteiger partial charge < -0.3 is 4.98 Å². The number of fused-ring (bicyclic) bond motifs is 3. The van der Waals surface area contributed by atoms with Crippen molar-refractivity contribution in [1.29, 1.82) is 0 Å². The van der Waals surface area contributed by atoms with E-state index in [1.54, 1.807) is 5.54 Å². The number of rotatable bonds is 1. The fraction of sp³-hybridized carbons (Fsp3) is 0.278. The summed E-state index contributed by atoms with van der Waals surface area (Å²) >= 11 is -0.826. The van der Waals surface area contributed by atoms with E-state index >= 15 is 0 Å². The van der Waals surface area contributed by atoms with Gasteiger partial charge in [0, 0.05) is 23.7 Å². The quantitative estimate of drug-likeness (QED) is 0.470. The number of nitrogens with zero attached hydrogens (tertiary/aromatic N) is 1. The molecular weight excluding hydrogens is 420 g/mol. The molecule has 0 N–H and O–H groups in total. The standard InChI is InChI=1S/C18H19NSi.2ClH.Zr/c1-12-11-20(3,19-2)18-16-8-5-4-7-14(16)15-10-6-9-13(12)17(15)18;;;/h4-10,12H,11H2,1-3H3;2*1H;/q-1;;;+4/p-2. The first kappa shape index (κ1) is 18.4. The molecule has 2 unspecified atom stereocenters. The number of hydrogen-bond donors (Lipinski definition) is 0. The zero-order valence-corrected chi connectivity index (χ0v) is 18.5. The summed E-state index contributed by atoms with van der Waals surface area (Å²) in [5.74, 6) is 6.44. The van der Waals surface area contributed by atoms with E-state index in [9.17, 15) is 0 Å². The van der Waals surface area contributed by atoms with Gasteiger partial charge in [0.15, 0.2) is 0 Å². The molecule has 1 saturated carbocycles. The summed E-state index contributed by atoms with van der Waals surface area (Å²) < 4.78 is 0. The van der Waals surface area contributed by atoms with Gasteiger partial charge >= 0.3 is 37.9 Å². The van der Waals surface area contributed by atoms with E-state index in [0.717, 1.165) is 0 Å². The minimum absolute atomic E-state index is 0.628. The molecule has 5 heteroatoms. The average molecular weight is 440 g/mol. The molecule has 1 saturated heterocycles. The summed E-state index contributed by atoms with van der Waals surface area (Å²) in [6, 6.07) is 1.24. The number of hydrogen-bond acceptors (Lipinski definition) is 0. The van der Waals surface area contributed by atoms with Crippen molar-refractivity contribution in [2.45, 2.75) is 19.5 Å². The molecule has 5 radical (unpaired) electrons. The molecule has 0 aromatic rings. The number of allylic oxidation sites excluding steroid dienone is 8. The Morgan fingerprint density at radius 1 is 1.09 bits per heavy atom. The first-order valence-corrected chi connectivity index (χ1v) is 16.7. The normalized spacial score (nSPS) is 33.6. The first-order valence-electron chi connectivity index (χ1n) is 7.75. The maximum atomic E-state index is 4.93. The van der Waals surface area contributed by atoms with E-state index in [1.807, 2.05) is 7.05 Å². The van der Waals surface area contributed by atoms with Crippen molar-refractivity contribution in [2.24, 2.45) is 5.92 Å². The predicted octanol–water partition coefficient (Wildman–Crippen LogP) is 5.64. The van der Waals surface area contributed by atoms with Crippen molar-refractivity contribution >= 4 is 25.3 Å². The summed E-state index contributed by atoms with van der Waals surface area (Å²) in [6.45, 7) is 4.80. The second kappa shape index (κ2) is 7.46. The van der Waals surface area contributed by atoms with Gasteiger partial charge in [-0.15, -0.1) is 0 Å². The monoisotopic (exact) mass is 437 g/mol. The van der Waals surface area contributed by atoms with Crippen LogP contribution in [0, 0.1) is 35.1 Å². The Bertz CT molecular complexity index is 573. The predicted molar refractivity (Wildman–Crippen MR) is 98.3 cm³/mol. The molecule has 0 spiro atoms. The van der Waals surface area contributed by atoms with Crippen molar-refractivity contribution in [3.05, 3.63) is 82.3 Å². The summed E-state index contributed by atoms with van der Waals surface area (Å²) in [5.41, 5.74) is 3.11. The molecular formula is C18H19Cl2NSiZr+. The third-order valence-corrected chi connectivity index (χ3v) is 9.09. The summed E-state index contributed by atoms with van der Waals surface area (Å²) in [6.07, 6.45) is 15.7. The van der Waals surface area contributed by atoms with Gasteiger partial charge in [0.1, 0.15) is 0 Å². The van der Waals surface area contributed by atoms with Crippen LogP contribution in [0.25, 0.3) is 4.98 Å². The van der Waals surface area contributed by atoms with Crippen LogP contribution in [0.15, 0.2) is 48.1 Å². The van der Waals surface area contributed by atoms with Crippen LogP contribution in [0.5, 0.6) is 0 Å². The van der Waals surface area contributed by atoms with Gasteiger partial charge in [-0.2, -0.15) is 7.05 Å². The molecule has 0 aromatic carbocycles. The van der Waals surface area contributed by atoms with Gasteiger partial charge in [0.2, 0.25) is 0 Å². The molecule has 1 aliphatic heterocycles. The molecule has 1 heterocycles. The van der Waals surface area contributed by atoms with Crippen LogP contribution in [0.4, 0.5) is 0 Å². The van der Waals surface area contributed by atoms with Gasteiger partial charge in [-0.05, 0) is 19.7 Å². The van der Waals surface area contributed by atoms with E-state index in [0.29, 0.717) is 5.92 Å². The second-order valence-corrected chi connectivity index (χ2v) is 14.0. The molecule has 0 bridgehead atoms. The van der Waals surface area contributed by atoms with Gasteiger partial charge in [0.25, 0.3) is 0 Å². The molecule has 4 rings (SSSR count). The van der Waals surface area contributed by atoms with Gasteiger partial charge in [-0.25, -0.2) is 0 Å². The van der Waals surface area contributed by atoms with Crippen LogP contribution < -0.4 is 0 Å². The molecule has 0 aromatic heterocycles. The van der Waals surface area contributed by atoms with Crippen molar-refractivity contribution in [3.63, 3.8) is 0 Å². The van der Waals surface area contributed by atoms with Crippen molar-refractivity contribution in [1.82, 2.24) is 0 Å². The van der Waals surface area contributed by atoms with Crippen LogP contribution in [-0.2, 0) is 20.8 Å². The summed E-state index contributed by atoms with van der Waals surface area (Å²) in [5, 5.41) is 0. The van der Waals surface area contributed by atoms with E-state index in [4.69, 9.17) is 22.0 Å². The third kappa shape index (κ3) is 3.10. The fourth-order valence-corrected chi connectivity index (χ4v) is 7.76. The topological polar surface area (TPSA) is 14.1 Å². The van der Waals surface area contributed by atoms with Crippen LogP contribution in [0.2, 0.25) is 12.6 Å². The zero-order chi connectivity index (χ0) is 16.6. The molecule has 3 aliphatic carbocycles. The van der Waals surface area contributed by atoms with Crippen molar-refractivity contribution in [3.8, 4) is 0 Å². The molecule has 2 atom stereocenters. The number of halogens is 2.